The molecule has 7 nitrogen and oxygen atoms in total. The second-order valence-corrected chi connectivity index (χ2v) is 4.09. The van der Waals surface area contributed by atoms with E-state index >= 15 is 0 Å². The number of carboxylic acid groups (broad SMARTS) is 1. The molecule has 1 rings (SSSR count). The average molecular weight is 271 g/mol. The van der Waals surface area contributed by atoms with Crippen molar-refractivity contribution in [2.24, 2.45) is 0 Å². The molecular weight excluding hydrogens is 258 g/mol. The number of amides is 1. The summed E-state index contributed by atoms with van der Waals surface area (Å²) in [6, 6.07) is 4.67. The molecule has 98 valence electrons. The van der Waals surface area contributed by atoms with E-state index < -0.39 is 11.0 Å². The summed E-state index contributed by atoms with van der Waals surface area (Å²) in [7, 11) is 0. The summed E-state index contributed by atoms with van der Waals surface area (Å²) in [6.07, 6.45) is -1.14. The van der Waals surface area contributed by atoms with Crippen LogP contribution in [-0.2, 0) is 0 Å². The minimum Gasteiger partial charge on any atom is -0.465 e. The third kappa shape index (κ3) is 3.81. The molecule has 0 aliphatic rings. The van der Waals surface area contributed by atoms with Gasteiger partial charge in [0.05, 0.1) is 4.92 Å². The highest BCUT2D eigenvalue weighted by molar-refractivity contribution is 7.81. The Balaban J connectivity index is 2.83. The summed E-state index contributed by atoms with van der Waals surface area (Å²) in [4.78, 5) is 20.6. The van der Waals surface area contributed by atoms with Gasteiger partial charge in [0.25, 0.3) is 5.69 Å². The number of hydrogen-bond donors (Lipinski definition) is 3. The molecule has 0 aliphatic carbocycles. The molecule has 0 fully saturated rings. The van der Waals surface area contributed by atoms with Crippen LogP contribution in [0.15, 0.2) is 18.2 Å². The fourth-order valence-corrected chi connectivity index (χ4v) is 1.64. The lowest BCUT2D eigenvalue weighted by molar-refractivity contribution is -0.384. The Labute approximate surface area is 109 Å². The number of anilines is 1. The van der Waals surface area contributed by atoms with E-state index in [0.717, 1.165) is 5.56 Å². The maximum atomic E-state index is 10.9. The first kappa shape index (κ1) is 14.1. The Morgan fingerprint density at radius 2 is 2.28 bits per heavy atom. The molecule has 0 spiro atoms. The van der Waals surface area contributed by atoms with Crippen LogP contribution < -0.4 is 9.62 Å². The highest BCUT2D eigenvalue weighted by Crippen LogP contribution is 2.29. The Bertz CT molecular complexity index is 466. The second-order valence-electron chi connectivity index (χ2n) is 3.60. The fraction of sp³-hybridized carbons (Fsp3) is 0.300. The second kappa shape index (κ2) is 6.10. The molecule has 1 aromatic rings. The van der Waals surface area contributed by atoms with Gasteiger partial charge in [0, 0.05) is 19.2 Å². The molecule has 0 unspecified atom stereocenters. The normalized spacial score (nSPS) is 9.89. The van der Waals surface area contributed by atoms with Gasteiger partial charge in [-0.2, -0.15) is 0 Å². The van der Waals surface area contributed by atoms with Crippen molar-refractivity contribution in [2.75, 3.05) is 17.4 Å². The predicted octanol–water partition coefficient (Wildman–Crippen LogP) is 1.82. The lowest BCUT2D eigenvalue weighted by atomic mass is 10.2. The quantitative estimate of drug-likeness (QED) is 0.431. The van der Waals surface area contributed by atoms with Crippen LogP contribution in [0.25, 0.3) is 0 Å². The zero-order valence-electron chi connectivity index (χ0n) is 9.66. The smallest absolute Gasteiger partial charge is 0.404 e. The van der Waals surface area contributed by atoms with Gasteiger partial charge in [-0.1, -0.05) is 18.9 Å². The number of aryl methyl sites for hydroxylation is 1. The SMILES string of the molecule is Cc1ccc([N+](=O)[O-])c(N(S)CCNC(=O)O)c1. The molecule has 0 atom stereocenters. The molecule has 0 aliphatic heterocycles. The van der Waals surface area contributed by atoms with Gasteiger partial charge in [-0.05, 0) is 18.6 Å². The van der Waals surface area contributed by atoms with E-state index in [1.165, 1.54) is 10.4 Å². The van der Waals surface area contributed by atoms with Crippen molar-refractivity contribution < 1.29 is 14.8 Å². The third-order valence-corrected chi connectivity index (χ3v) is 2.62. The molecule has 0 radical (unpaired) electrons. The molecule has 1 amide bonds. The minimum atomic E-state index is -1.14. The molecule has 1 aromatic carbocycles. The summed E-state index contributed by atoms with van der Waals surface area (Å²) in [5.41, 5.74) is 1.14. The first-order chi connectivity index (χ1) is 8.41. The third-order valence-electron chi connectivity index (χ3n) is 2.21. The number of carbonyl (C=O) groups is 1. The van der Waals surface area contributed by atoms with Crippen molar-refractivity contribution >= 4 is 30.3 Å². The molecule has 8 heteroatoms. The number of rotatable bonds is 5. The maximum absolute atomic E-state index is 10.9. The largest absolute Gasteiger partial charge is 0.465 e. The van der Waals surface area contributed by atoms with Crippen LogP contribution in [0.3, 0.4) is 0 Å². The fourth-order valence-electron chi connectivity index (χ4n) is 1.38. The van der Waals surface area contributed by atoms with Gasteiger partial charge in [0.2, 0.25) is 0 Å². The Morgan fingerprint density at radius 1 is 1.61 bits per heavy atom. The summed E-state index contributed by atoms with van der Waals surface area (Å²) in [6.45, 7) is 2.16. The average Bonchev–Trinajstić information content (AvgIpc) is 2.27. The van der Waals surface area contributed by atoms with Crippen molar-refractivity contribution in [3.05, 3.63) is 33.9 Å². The van der Waals surface area contributed by atoms with Crippen LogP contribution in [0.4, 0.5) is 16.2 Å². The van der Waals surface area contributed by atoms with Crippen molar-refractivity contribution in [1.29, 1.82) is 0 Å². The summed E-state index contributed by atoms with van der Waals surface area (Å²) < 4.78 is 1.35. The van der Waals surface area contributed by atoms with Gasteiger partial charge in [-0.15, -0.1) is 0 Å². The van der Waals surface area contributed by atoms with Crippen molar-refractivity contribution in [1.82, 2.24) is 5.32 Å². The van der Waals surface area contributed by atoms with Gasteiger partial charge in [0.1, 0.15) is 5.69 Å². The van der Waals surface area contributed by atoms with E-state index in [1.54, 1.807) is 12.1 Å². The summed E-state index contributed by atoms with van der Waals surface area (Å²) in [5, 5.41) is 21.4. The number of nitrogens with one attached hydrogen (secondary N) is 1. The van der Waals surface area contributed by atoms with E-state index in [9.17, 15) is 14.9 Å². The van der Waals surface area contributed by atoms with Crippen LogP contribution in [0.2, 0.25) is 0 Å². The lowest BCUT2D eigenvalue weighted by Gasteiger charge is -2.17. The highest BCUT2D eigenvalue weighted by Gasteiger charge is 2.17. The van der Waals surface area contributed by atoms with Crippen molar-refractivity contribution in [3.8, 4) is 0 Å². The van der Waals surface area contributed by atoms with Crippen molar-refractivity contribution in [2.45, 2.75) is 6.92 Å². The Kier molecular flexibility index (Phi) is 4.78. The Morgan fingerprint density at radius 3 is 2.83 bits per heavy atom. The standard InChI is InChI=1S/C10H13N3O4S/c1-7-2-3-8(13(16)17)9(6-7)12(18)5-4-11-10(14)15/h2-3,6,11,18H,4-5H2,1H3,(H,14,15). The van der Waals surface area contributed by atoms with Crippen LogP contribution in [0.5, 0.6) is 0 Å². The van der Waals surface area contributed by atoms with Gasteiger partial charge >= 0.3 is 6.09 Å². The lowest BCUT2D eigenvalue weighted by Crippen LogP contribution is -2.30. The monoisotopic (exact) mass is 271 g/mol. The number of nitro groups is 1. The number of nitro benzene ring substituents is 1. The van der Waals surface area contributed by atoms with Gasteiger partial charge in [-0.3, -0.25) is 10.1 Å². The number of nitrogens with zero attached hydrogens (tertiary/aromatic N) is 2. The summed E-state index contributed by atoms with van der Waals surface area (Å²) >= 11 is 4.13. The van der Waals surface area contributed by atoms with Crippen molar-refractivity contribution in [3.63, 3.8) is 0 Å². The molecule has 18 heavy (non-hydrogen) atoms. The molecule has 2 N–H and O–H groups in total. The molecule has 0 aromatic heterocycles. The highest BCUT2D eigenvalue weighted by atomic mass is 32.1. The first-order valence-electron chi connectivity index (χ1n) is 5.10. The molecule has 0 saturated heterocycles. The number of hydrogen-bond acceptors (Lipinski definition) is 5. The molecule has 0 bridgehead atoms. The van der Waals surface area contributed by atoms with Crippen LogP contribution in [0.1, 0.15) is 5.56 Å². The van der Waals surface area contributed by atoms with Crippen LogP contribution >= 0.6 is 12.8 Å². The topological polar surface area (TPSA) is 95.7 Å². The van der Waals surface area contributed by atoms with E-state index in [0.29, 0.717) is 5.69 Å². The predicted molar refractivity (Wildman–Crippen MR) is 70.2 cm³/mol. The maximum Gasteiger partial charge on any atom is 0.404 e. The van der Waals surface area contributed by atoms with E-state index in [2.05, 4.69) is 18.1 Å². The zero-order chi connectivity index (χ0) is 13.7. The molecular formula is C10H13N3O4S. The van der Waals surface area contributed by atoms with Gasteiger partial charge in [0.15, 0.2) is 0 Å². The van der Waals surface area contributed by atoms with Gasteiger partial charge < -0.3 is 14.7 Å². The van der Waals surface area contributed by atoms with Crippen LogP contribution in [-0.4, -0.2) is 29.2 Å². The Hall–Kier alpha value is -1.96. The molecule has 0 heterocycles. The van der Waals surface area contributed by atoms with E-state index in [1.807, 2.05) is 6.92 Å². The number of thiol groups is 1. The zero-order valence-corrected chi connectivity index (χ0v) is 10.6. The van der Waals surface area contributed by atoms with Crippen LogP contribution in [0, 0.1) is 17.0 Å². The minimum absolute atomic E-state index is 0.0640. The van der Waals surface area contributed by atoms with E-state index in [-0.39, 0.29) is 18.8 Å². The number of benzene rings is 1. The molecule has 0 saturated carbocycles. The first-order valence-corrected chi connectivity index (χ1v) is 5.50. The van der Waals surface area contributed by atoms with Gasteiger partial charge in [-0.25, -0.2) is 4.79 Å². The van der Waals surface area contributed by atoms with E-state index in [4.69, 9.17) is 5.11 Å². The summed E-state index contributed by atoms with van der Waals surface area (Å²) in [5.74, 6) is 0.